The molecule has 11 heteroatoms. The zero-order valence-corrected chi connectivity index (χ0v) is 16.2. The van der Waals surface area contributed by atoms with E-state index in [9.17, 15) is 31.5 Å². The van der Waals surface area contributed by atoms with Gasteiger partial charge in [-0.25, -0.2) is 8.42 Å². The number of nitrogens with one attached hydrogen (secondary N) is 2. The van der Waals surface area contributed by atoms with Crippen molar-refractivity contribution in [2.75, 3.05) is 10.0 Å². The maximum absolute atomic E-state index is 12.7. The van der Waals surface area contributed by atoms with Crippen molar-refractivity contribution in [1.82, 2.24) is 0 Å². The first kappa shape index (κ1) is 22.0. The second-order valence-electron chi connectivity index (χ2n) is 6.09. The van der Waals surface area contributed by atoms with Crippen molar-refractivity contribution in [3.8, 4) is 0 Å². The van der Waals surface area contributed by atoms with Crippen LogP contribution < -0.4 is 10.0 Å². The van der Waals surface area contributed by atoms with Gasteiger partial charge < -0.3 is 10.4 Å². The van der Waals surface area contributed by atoms with Crippen molar-refractivity contribution in [1.29, 1.82) is 0 Å². The zero-order chi connectivity index (χ0) is 21.3. The molecule has 6 nitrogen and oxygen atoms in total. The summed E-state index contributed by atoms with van der Waals surface area (Å²) in [5.74, 6) is -1.73. The third-order valence-electron chi connectivity index (χ3n) is 3.85. The molecule has 0 aliphatic heterocycles. The van der Waals surface area contributed by atoms with Crippen LogP contribution in [-0.2, 0) is 14.8 Å². The number of rotatable bonds is 5. The number of hydrogen-bond donors (Lipinski definition) is 3. The summed E-state index contributed by atoms with van der Waals surface area (Å²) in [5.41, 5.74) is -3.30. The fourth-order valence-electron chi connectivity index (χ4n) is 2.12. The van der Waals surface area contributed by atoms with Crippen LogP contribution in [0.15, 0.2) is 47.4 Å². The SMILES string of the molecule is Cc1ccccc1S(=O)(=O)Nc1ccc(NC(=O)C(C)(O)C(F)(F)F)c(Cl)c1. The highest BCUT2D eigenvalue weighted by Gasteiger charge is 2.55. The number of anilines is 2. The fraction of sp³-hybridized carbons (Fsp3) is 0.235. The minimum absolute atomic E-state index is 0.0360. The van der Waals surface area contributed by atoms with Crippen molar-refractivity contribution in [2.45, 2.75) is 30.5 Å². The van der Waals surface area contributed by atoms with E-state index in [-0.39, 0.29) is 21.3 Å². The second kappa shape index (κ2) is 7.61. The summed E-state index contributed by atoms with van der Waals surface area (Å²) >= 11 is 5.93. The molecular formula is C17H16ClF3N2O4S. The standard InChI is InChI=1S/C17H16ClF3N2O4S/c1-10-5-3-4-6-14(10)28(26,27)23-11-7-8-13(12(18)9-11)22-15(24)16(2,25)17(19,20)21/h3-9,23,25H,1-2H3,(H,22,24). The molecule has 2 aromatic carbocycles. The Kier molecular flexibility index (Phi) is 5.98. The first-order valence-electron chi connectivity index (χ1n) is 7.74. The van der Waals surface area contributed by atoms with Gasteiger partial charge in [0.2, 0.25) is 5.60 Å². The lowest BCUT2D eigenvalue weighted by molar-refractivity contribution is -0.242. The van der Waals surface area contributed by atoms with Gasteiger partial charge in [0.15, 0.2) is 0 Å². The van der Waals surface area contributed by atoms with E-state index in [4.69, 9.17) is 11.6 Å². The highest BCUT2D eigenvalue weighted by Crippen LogP contribution is 2.33. The van der Waals surface area contributed by atoms with Crippen LogP contribution in [0.5, 0.6) is 0 Å². The Morgan fingerprint density at radius 3 is 2.29 bits per heavy atom. The molecule has 0 saturated carbocycles. The highest BCUT2D eigenvalue weighted by molar-refractivity contribution is 7.92. The first-order chi connectivity index (χ1) is 12.8. The third kappa shape index (κ3) is 4.57. The van der Waals surface area contributed by atoms with Gasteiger partial charge in [0.1, 0.15) is 0 Å². The van der Waals surface area contributed by atoms with Gasteiger partial charge in [-0.2, -0.15) is 13.2 Å². The van der Waals surface area contributed by atoms with E-state index in [1.807, 2.05) is 5.32 Å². The molecule has 152 valence electrons. The molecule has 0 saturated heterocycles. The molecule has 0 aliphatic carbocycles. The van der Waals surface area contributed by atoms with Crippen LogP contribution in [0.2, 0.25) is 5.02 Å². The van der Waals surface area contributed by atoms with E-state index >= 15 is 0 Å². The number of carbonyl (C=O) groups is 1. The number of hydrogen-bond acceptors (Lipinski definition) is 4. The maximum Gasteiger partial charge on any atom is 0.426 e. The van der Waals surface area contributed by atoms with Crippen LogP contribution in [0, 0.1) is 6.92 Å². The smallest absolute Gasteiger partial charge is 0.373 e. The largest absolute Gasteiger partial charge is 0.426 e. The molecule has 0 heterocycles. The van der Waals surface area contributed by atoms with Gasteiger partial charge in [-0.1, -0.05) is 29.8 Å². The number of aliphatic hydroxyl groups is 1. The minimum Gasteiger partial charge on any atom is -0.373 e. The molecule has 0 bridgehead atoms. The summed E-state index contributed by atoms with van der Waals surface area (Å²) in [5, 5.41) is 11.0. The molecule has 1 unspecified atom stereocenters. The van der Waals surface area contributed by atoms with E-state index in [1.54, 1.807) is 25.1 Å². The predicted octanol–water partition coefficient (Wildman–Crippen LogP) is 3.70. The minimum atomic E-state index is -5.19. The Balaban J connectivity index is 2.23. The van der Waals surface area contributed by atoms with E-state index in [1.165, 1.54) is 12.1 Å². The summed E-state index contributed by atoms with van der Waals surface area (Å²) in [7, 11) is -3.92. The zero-order valence-electron chi connectivity index (χ0n) is 14.6. The number of carbonyl (C=O) groups excluding carboxylic acids is 1. The molecule has 0 aliphatic rings. The Labute approximate surface area is 164 Å². The average Bonchev–Trinajstić information content (AvgIpc) is 2.56. The number of amides is 1. The molecule has 0 spiro atoms. The van der Waals surface area contributed by atoms with Gasteiger partial charge in [0, 0.05) is 0 Å². The van der Waals surface area contributed by atoms with Crippen LogP contribution in [0.25, 0.3) is 0 Å². The van der Waals surface area contributed by atoms with Crippen molar-refractivity contribution in [3.63, 3.8) is 0 Å². The van der Waals surface area contributed by atoms with E-state index in [2.05, 4.69) is 4.72 Å². The van der Waals surface area contributed by atoms with Gasteiger partial charge in [-0.15, -0.1) is 0 Å². The lowest BCUT2D eigenvalue weighted by Crippen LogP contribution is -2.52. The van der Waals surface area contributed by atoms with Crippen LogP contribution in [0.3, 0.4) is 0 Å². The third-order valence-corrected chi connectivity index (χ3v) is 5.70. The number of aryl methyl sites for hydroxylation is 1. The number of sulfonamides is 1. The summed E-state index contributed by atoms with van der Waals surface area (Å²) in [6.45, 7) is 1.92. The molecule has 0 radical (unpaired) electrons. The van der Waals surface area contributed by atoms with Crippen molar-refractivity contribution in [2.24, 2.45) is 0 Å². The van der Waals surface area contributed by atoms with Crippen LogP contribution in [0.4, 0.5) is 24.5 Å². The summed E-state index contributed by atoms with van der Waals surface area (Å²) in [6, 6.07) is 9.70. The quantitative estimate of drug-likeness (QED) is 0.666. The van der Waals surface area contributed by atoms with Gasteiger partial charge >= 0.3 is 6.18 Å². The van der Waals surface area contributed by atoms with Gasteiger partial charge in [-0.05, 0) is 43.7 Å². The highest BCUT2D eigenvalue weighted by atomic mass is 35.5. The Morgan fingerprint density at radius 1 is 1.14 bits per heavy atom. The number of alkyl halides is 3. The van der Waals surface area contributed by atoms with E-state index < -0.39 is 27.7 Å². The monoisotopic (exact) mass is 436 g/mol. The number of halogens is 4. The molecule has 0 aromatic heterocycles. The maximum atomic E-state index is 12.7. The Bertz CT molecular complexity index is 1010. The van der Waals surface area contributed by atoms with Gasteiger partial charge in [0.25, 0.3) is 15.9 Å². The fourth-order valence-corrected chi connectivity index (χ4v) is 3.65. The molecule has 3 N–H and O–H groups in total. The van der Waals surface area contributed by atoms with Crippen molar-refractivity contribution in [3.05, 3.63) is 53.1 Å². The van der Waals surface area contributed by atoms with Crippen LogP contribution >= 0.6 is 11.6 Å². The molecule has 1 amide bonds. The summed E-state index contributed by atoms with van der Waals surface area (Å²) < 4.78 is 65.3. The summed E-state index contributed by atoms with van der Waals surface area (Å²) in [6.07, 6.45) is -5.19. The summed E-state index contributed by atoms with van der Waals surface area (Å²) in [4.78, 5) is 11.8. The molecule has 1 atom stereocenters. The van der Waals surface area contributed by atoms with Crippen molar-refractivity contribution >= 4 is 38.9 Å². The van der Waals surface area contributed by atoms with E-state index in [0.29, 0.717) is 12.5 Å². The average molecular weight is 437 g/mol. The Hall–Kier alpha value is -2.30. The van der Waals surface area contributed by atoms with Crippen molar-refractivity contribution < 1.29 is 31.5 Å². The van der Waals surface area contributed by atoms with Crippen LogP contribution in [0.1, 0.15) is 12.5 Å². The molecular weight excluding hydrogens is 421 g/mol. The van der Waals surface area contributed by atoms with Gasteiger partial charge in [0.05, 0.1) is 21.3 Å². The van der Waals surface area contributed by atoms with Crippen LogP contribution in [-0.4, -0.2) is 31.2 Å². The molecule has 2 aromatic rings. The Morgan fingerprint density at radius 2 is 1.75 bits per heavy atom. The lowest BCUT2D eigenvalue weighted by atomic mass is 10.1. The normalized spacial score (nSPS) is 14.2. The first-order valence-corrected chi connectivity index (χ1v) is 9.60. The van der Waals surface area contributed by atoms with E-state index in [0.717, 1.165) is 12.1 Å². The molecule has 0 fully saturated rings. The lowest BCUT2D eigenvalue weighted by Gasteiger charge is -2.25. The molecule has 2 rings (SSSR count). The predicted molar refractivity (Wildman–Crippen MR) is 98.7 cm³/mol. The topological polar surface area (TPSA) is 95.5 Å². The van der Waals surface area contributed by atoms with Gasteiger partial charge in [-0.3, -0.25) is 9.52 Å². The number of benzene rings is 2. The second-order valence-corrected chi connectivity index (χ2v) is 8.15. The molecule has 28 heavy (non-hydrogen) atoms.